The molecular weight excluding hydrogens is 246 g/mol. The van der Waals surface area contributed by atoms with Gasteiger partial charge in [-0.1, -0.05) is 26.8 Å². The number of fused-ring (bicyclic) bond motifs is 1. The van der Waals surface area contributed by atoms with Gasteiger partial charge in [0, 0.05) is 24.4 Å². The van der Waals surface area contributed by atoms with Crippen molar-refractivity contribution in [3.63, 3.8) is 0 Å². The van der Waals surface area contributed by atoms with Gasteiger partial charge in [-0.2, -0.15) is 0 Å². The smallest absolute Gasteiger partial charge is 0.144 e. The van der Waals surface area contributed by atoms with E-state index in [0.29, 0.717) is 0 Å². The monoisotopic (exact) mass is 273 g/mol. The quantitative estimate of drug-likeness (QED) is 0.754. The van der Waals surface area contributed by atoms with Crippen LogP contribution in [0.15, 0.2) is 46.9 Å². The third kappa shape index (κ3) is 2.84. The number of hydrogen-bond donors (Lipinski definition) is 0. The van der Waals surface area contributed by atoms with E-state index in [0.717, 1.165) is 18.8 Å². The lowest BCUT2D eigenvalue weighted by Gasteiger charge is -2.35. The zero-order valence-corrected chi connectivity index (χ0v) is 13.7. The lowest BCUT2D eigenvalue weighted by atomic mass is 9.79. The van der Waals surface area contributed by atoms with Crippen LogP contribution in [-0.4, -0.2) is 24.1 Å². The van der Waals surface area contributed by atoms with Crippen LogP contribution in [0.1, 0.15) is 41.5 Å². The average molecular weight is 273 g/mol. The first kappa shape index (κ1) is 15.0. The molecule has 0 aromatic carbocycles. The molecule has 0 radical (unpaired) electrons. The Balaban J connectivity index is 2.40. The minimum atomic E-state index is 0.0647. The summed E-state index contributed by atoms with van der Waals surface area (Å²) < 4.78 is 6.03. The second-order valence-corrected chi connectivity index (χ2v) is 6.51. The fraction of sp³-hybridized carbons (Fsp3) is 0.556. The molecule has 0 spiro atoms. The molecule has 0 saturated heterocycles. The van der Waals surface area contributed by atoms with E-state index in [-0.39, 0.29) is 11.5 Å². The topological polar surface area (TPSA) is 12.5 Å². The van der Waals surface area contributed by atoms with Crippen LogP contribution in [-0.2, 0) is 4.74 Å². The van der Waals surface area contributed by atoms with Crippen LogP contribution >= 0.6 is 0 Å². The highest BCUT2D eigenvalue weighted by atomic mass is 16.5. The Hall–Kier alpha value is -1.44. The van der Waals surface area contributed by atoms with Crippen molar-refractivity contribution in [2.24, 2.45) is 5.41 Å². The van der Waals surface area contributed by atoms with E-state index in [2.05, 4.69) is 63.8 Å². The highest BCUT2D eigenvalue weighted by Gasteiger charge is 2.29. The fourth-order valence-electron chi connectivity index (χ4n) is 2.88. The summed E-state index contributed by atoms with van der Waals surface area (Å²) >= 11 is 0. The maximum absolute atomic E-state index is 6.03. The molecule has 2 nitrogen and oxygen atoms in total. The molecule has 0 amide bonds. The Morgan fingerprint density at radius 1 is 1.15 bits per heavy atom. The maximum Gasteiger partial charge on any atom is 0.144 e. The summed E-state index contributed by atoms with van der Waals surface area (Å²) in [5.41, 5.74) is 4.10. The number of likely N-dealkylation sites (N-methyl/N-ethyl adjacent to an activating group) is 1. The standard InChI is InChI=1S/C18H27NO/c1-7-19(8-2)14-9-10-15-16(18(4,5)6)11-13(3)20-17(15)12-14/h9-12,17H,7-8H2,1-6H3. The van der Waals surface area contributed by atoms with Crippen molar-refractivity contribution >= 4 is 0 Å². The predicted octanol–water partition coefficient (Wildman–Crippen LogP) is 4.43. The zero-order valence-electron chi connectivity index (χ0n) is 13.7. The Morgan fingerprint density at radius 2 is 1.80 bits per heavy atom. The van der Waals surface area contributed by atoms with Gasteiger partial charge in [0.25, 0.3) is 0 Å². The van der Waals surface area contributed by atoms with E-state index in [1.165, 1.54) is 16.8 Å². The van der Waals surface area contributed by atoms with Crippen LogP contribution in [0, 0.1) is 5.41 Å². The van der Waals surface area contributed by atoms with E-state index >= 15 is 0 Å². The molecule has 110 valence electrons. The first-order valence-corrected chi connectivity index (χ1v) is 7.61. The van der Waals surface area contributed by atoms with Gasteiger partial charge in [-0.05, 0) is 50.0 Å². The van der Waals surface area contributed by atoms with Crippen molar-refractivity contribution < 1.29 is 4.74 Å². The molecule has 20 heavy (non-hydrogen) atoms. The molecule has 0 N–H and O–H groups in total. The zero-order chi connectivity index (χ0) is 14.9. The summed E-state index contributed by atoms with van der Waals surface area (Å²) in [6.45, 7) is 15.3. The molecule has 0 fully saturated rings. The van der Waals surface area contributed by atoms with Crippen LogP contribution in [0.2, 0.25) is 0 Å². The molecule has 2 aliphatic rings. The maximum atomic E-state index is 6.03. The SMILES string of the molecule is CCN(CC)C1=CC2OC(C)=CC(C(C)(C)C)=C2C=C1. The average Bonchev–Trinajstić information content (AvgIpc) is 2.37. The van der Waals surface area contributed by atoms with E-state index in [1.54, 1.807) is 0 Å². The molecule has 2 rings (SSSR count). The molecule has 0 aromatic heterocycles. The minimum absolute atomic E-state index is 0.0647. The Bertz CT molecular complexity index is 496. The number of rotatable bonds is 3. The Labute approximate surface area is 123 Å². The van der Waals surface area contributed by atoms with Crippen LogP contribution in [0.4, 0.5) is 0 Å². The van der Waals surface area contributed by atoms with Gasteiger partial charge >= 0.3 is 0 Å². The third-order valence-electron chi connectivity index (χ3n) is 3.97. The van der Waals surface area contributed by atoms with Crippen molar-refractivity contribution in [2.75, 3.05) is 13.1 Å². The summed E-state index contributed by atoms with van der Waals surface area (Å²) in [5.74, 6) is 1.01. The van der Waals surface area contributed by atoms with E-state index in [4.69, 9.17) is 4.74 Å². The van der Waals surface area contributed by atoms with Gasteiger partial charge < -0.3 is 9.64 Å². The first-order valence-electron chi connectivity index (χ1n) is 7.61. The van der Waals surface area contributed by atoms with Crippen molar-refractivity contribution in [3.8, 4) is 0 Å². The molecular formula is C18H27NO. The van der Waals surface area contributed by atoms with Gasteiger partial charge in [-0.3, -0.25) is 0 Å². The summed E-state index contributed by atoms with van der Waals surface area (Å²) in [5, 5.41) is 0. The molecule has 1 aliphatic heterocycles. The lowest BCUT2D eigenvalue weighted by molar-refractivity contribution is 0.173. The van der Waals surface area contributed by atoms with Crippen molar-refractivity contribution in [1.29, 1.82) is 0 Å². The van der Waals surface area contributed by atoms with Crippen LogP contribution < -0.4 is 0 Å². The third-order valence-corrected chi connectivity index (χ3v) is 3.97. The molecule has 1 unspecified atom stereocenters. The molecule has 0 saturated carbocycles. The Kier molecular flexibility index (Phi) is 4.12. The van der Waals surface area contributed by atoms with E-state index < -0.39 is 0 Å². The van der Waals surface area contributed by atoms with E-state index in [1.807, 2.05) is 6.92 Å². The largest absolute Gasteiger partial charge is 0.486 e. The second-order valence-electron chi connectivity index (χ2n) is 6.51. The summed E-state index contributed by atoms with van der Waals surface area (Å²) in [4.78, 5) is 2.36. The summed E-state index contributed by atoms with van der Waals surface area (Å²) in [6.07, 6.45) is 8.97. The molecule has 1 atom stereocenters. The first-order chi connectivity index (χ1) is 9.36. The molecule has 2 heteroatoms. The lowest BCUT2D eigenvalue weighted by Crippen LogP contribution is -2.28. The summed E-state index contributed by atoms with van der Waals surface area (Å²) in [6, 6.07) is 0. The molecule has 1 heterocycles. The van der Waals surface area contributed by atoms with Gasteiger partial charge in [-0.15, -0.1) is 0 Å². The van der Waals surface area contributed by atoms with Gasteiger partial charge in [0.1, 0.15) is 6.10 Å². The highest BCUT2D eigenvalue weighted by molar-refractivity contribution is 5.49. The van der Waals surface area contributed by atoms with Crippen LogP contribution in [0.5, 0.6) is 0 Å². The minimum Gasteiger partial charge on any atom is -0.486 e. The number of hydrogen-bond acceptors (Lipinski definition) is 2. The Morgan fingerprint density at radius 3 is 2.35 bits per heavy atom. The van der Waals surface area contributed by atoms with Crippen LogP contribution in [0.25, 0.3) is 0 Å². The number of ether oxygens (including phenoxy) is 1. The van der Waals surface area contributed by atoms with Gasteiger partial charge in [0.15, 0.2) is 0 Å². The van der Waals surface area contributed by atoms with Gasteiger partial charge in [-0.25, -0.2) is 0 Å². The highest BCUT2D eigenvalue weighted by Crippen LogP contribution is 2.38. The van der Waals surface area contributed by atoms with Crippen molar-refractivity contribution in [3.05, 3.63) is 46.9 Å². The number of allylic oxidation sites excluding steroid dienone is 4. The predicted molar refractivity (Wildman–Crippen MR) is 85.3 cm³/mol. The molecule has 0 bridgehead atoms. The summed E-state index contributed by atoms with van der Waals surface area (Å²) in [7, 11) is 0. The van der Waals surface area contributed by atoms with E-state index in [9.17, 15) is 0 Å². The molecule has 0 aromatic rings. The van der Waals surface area contributed by atoms with Crippen molar-refractivity contribution in [1.82, 2.24) is 4.90 Å². The normalized spacial score (nSPS) is 22.0. The van der Waals surface area contributed by atoms with Gasteiger partial charge in [0.05, 0.1) is 5.76 Å². The van der Waals surface area contributed by atoms with Crippen LogP contribution in [0.3, 0.4) is 0 Å². The number of nitrogens with zero attached hydrogens (tertiary/aromatic N) is 1. The molecule has 1 aliphatic carbocycles. The fourth-order valence-corrected chi connectivity index (χ4v) is 2.88. The van der Waals surface area contributed by atoms with Gasteiger partial charge in [0.2, 0.25) is 0 Å². The second kappa shape index (κ2) is 5.51. The van der Waals surface area contributed by atoms with Crippen molar-refractivity contribution in [2.45, 2.75) is 47.6 Å².